The lowest BCUT2D eigenvalue weighted by Gasteiger charge is -2.11. The Kier molecular flexibility index (Phi) is 3.05. The van der Waals surface area contributed by atoms with Crippen LogP contribution in [0, 0.1) is 5.92 Å². The summed E-state index contributed by atoms with van der Waals surface area (Å²) in [5.74, 6) is 0.608. The number of rotatable bonds is 2. The smallest absolute Gasteiger partial charge is 0.228 e. The van der Waals surface area contributed by atoms with Crippen LogP contribution >= 0.6 is 0 Å². The molecular weight excluding hydrogens is 204 g/mol. The quantitative estimate of drug-likeness (QED) is 0.763. The van der Waals surface area contributed by atoms with E-state index in [0.29, 0.717) is 11.5 Å². The SMILES string of the molecule is CN1CCC(C(=O)Nc2ccc(N)nc2)C1. The zero-order chi connectivity index (χ0) is 11.5. The third-order valence-electron chi connectivity index (χ3n) is 2.82. The summed E-state index contributed by atoms with van der Waals surface area (Å²) in [6, 6.07) is 3.44. The van der Waals surface area contributed by atoms with Gasteiger partial charge < -0.3 is 16.0 Å². The van der Waals surface area contributed by atoms with Gasteiger partial charge >= 0.3 is 0 Å². The molecule has 0 aliphatic carbocycles. The first kappa shape index (κ1) is 10.9. The lowest BCUT2D eigenvalue weighted by molar-refractivity contribution is -0.119. The van der Waals surface area contributed by atoms with Crippen molar-refractivity contribution in [3.05, 3.63) is 18.3 Å². The minimum atomic E-state index is 0.0657. The zero-order valence-corrected chi connectivity index (χ0v) is 9.31. The molecule has 1 aliphatic heterocycles. The number of nitrogens with one attached hydrogen (secondary N) is 1. The van der Waals surface area contributed by atoms with Crippen molar-refractivity contribution in [3.8, 4) is 0 Å². The van der Waals surface area contributed by atoms with Gasteiger partial charge in [-0.15, -0.1) is 0 Å². The standard InChI is InChI=1S/C11H16N4O/c1-15-5-4-8(7-15)11(16)14-9-2-3-10(12)13-6-9/h2-3,6,8H,4-5,7H2,1H3,(H2,12,13)(H,14,16). The molecule has 5 nitrogen and oxygen atoms in total. The molecule has 1 aromatic rings. The molecule has 1 aromatic heterocycles. The molecule has 1 fully saturated rings. The van der Waals surface area contributed by atoms with Crippen molar-refractivity contribution >= 4 is 17.4 Å². The maximum atomic E-state index is 11.8. The molecule has 1 amide bonds. The highest BCUT2D eigenvalue weighted by Gasteiger charge is 2.25. The predicted octanol–water partition coefficient (Wildman–Crippen LogP) is 0.554. The highest BCUT2D eigenvalue weighted by molar-refractivity contribution is 5.92. The molecule has 0 bridgehead atoms. The first-order valence-corrected chi connectivity index (χ1v) is 5.36. The van der Waals surface area contributed by atoms with Crippen molar-refractivity contribution in [3.63, 3.8) is 0 Å². The summed E-state index contributed by atoms with van der Waals surface area (Å²) in [4.78, 5) is 17.9. The Morgan fingerprint density at radius 2 is 2.44 bits per heavy atom. The summed E-state index contributed by atoms with van der Waals surface area (Å²) in [6.45, 7) is 1.81. The van der Waals surface area contributed by atoms with Gasteiger partial charge in [-0.25, -0.2) is 4.98 Å². The number of pyridine rings is 1. The zero-order valence-electron chi connectivity index (χ0n) is 9.31. The number of nitrogens with two attached hydrogens (primary N) is 1. The summed E-state index contributed by atoms with van der Waals surface area (Å²) < 4.78 is 0. The molecule has 0 saturated carbocycles. The fraction of sp³-hybridized carbons (Fsp3) is 0.455. The van der Waals surface area contributed by atoms with Crippen LogP contribution in [0.4, 0.5) is 11.5 Å². The van der Waals surface area contributed by atoms with Gasteiger partial charge in [0.25, 0.3) is 0 Å². The van der Waals surface area contributed by atoms with Gasteiger partial charge in [0.2, 0.25) is 5.91 Å². The third-order valence-corrected chi connectivity index (χ3v) is 2.82. The molecule has 0 aromatic carbocycles. The first-order valence-electron chi connectivity index (χ1n) is 5.36. The lowest BCUT2D eigenvalue weighted by Crippen LogP contribution is -2.25. The fourth-order valence-electron chi connectivity index (χ4n) is 1.87. The minimum Gasteiger partial charge on any atom is -0.384 e. The van der Waals surface area contributed by atoms with Gasteiger partial charge in [0.1, 0.15) is 5.82 Å². The molecule has 86 valence electrons. The fourth-order valence-corrected chi connectivity index (χ4v) is 1.87. The molecule has 16 heavy (non-hydrogen) atoms. The number of aromatic nitrogens is 1. The number of carbonyl (C=O) groups excluding carboxylic acids is 1. The Hall–Kier alpha value is -1.62. The Bertz CT molecular complexity index is 376. The highest BCUT2D eigenvalue weighted by Crippen LogP contribution is 2.17. The van der Waals surface area contributed by atoms with Gasteiger partial charge in [-0.2, -0.15) is 0 Å². The van der Waals surface area contributed by atoms with Crippen molar-refractivity contribution in [2.24, 2.45) is 5.92 Å². The van der Waals surface area contributed by atoms with Gasteiger partial charge in [-0.3, -0.25) is 4.79 Å². The number of nitrogens with zero attached hydrogens (tertiary/aromatic N) is 2. The maximum Gasteiger partial charge on any atom is 0.228 e. The van der Waals surface area contributed by atoms with Crippen molar-refractivity contribution < 1.29 is 4.79 Å². The van der Waals surface area contributed by atoms with Crippen LogP contribution < -0.4 is 11.1 Å². The van der Waals surface area contributed by atoms with E-state index in [2.05, 4.69) is 15.2 Å². The lowest BCUT2D eigenvalue weighted by atomic mass is 10.1. The van der Waals surface area contributed by atoms with Crippen LogP contribution in [0.5, 0.6) is 0 Å². The van der Waals surface area contributed by atoms with Crippen LogP contribution in [-0.2, 0) is 4.79 Å². The van der Waals surface area contributed by atoms with Crippen LogP contribution in [0.3, 0.4) is 0 Å². The second-order valence-electron chi connectivity index (χ2n) is 4.21. The van der Waals surface area contributed by atoms with E-state index in [9.17, 15) is 4.79 Å². The molecule has 1 saturated heterocycles. The van der Waals surface area contributed by atoms with Crippen LogP contribution in [-0.4, -0.2) is 35.9 Å². The minimum absolute atomic E-state index is 0.0657. The number of amides is 1. The van der Waals surface area contributed by atoms with E-state index in [-0.39, 0.29) is 11.8 Å². The number of carbonyl (C=O) groups is 1. The van der Waals surface area contributed by atoms with Crippen LogP contribution in [0.1, 0.15) is 6.42 Å². The summed E-state index contributed by atoms with van der Waals surface area (Å²) >= 11 is 0. The summed E-state index contributed by atoms with van der Waals surface area (Å²) in [7, 11) is 2.03. The first-order chi connectivity index (χ1) is 7.65. The molecule has 1 aliphatic rings. The second kappa shape index (κ2) is 4.49. The Morgan fingerprint density at radius 1 is 1.62 bits per heavy atom. The molecular formula is C11H16N4O. The van der Waals surface area contributed by atoms with Gasteiger partial charge in [-0.05, 0) is 32.1 Å². The van der Waals surface area contributed by atoms with Crippen molar-refractivity contribution in [2.45, 2.75) is 6.42 Å². The Labute approximate surface area is 94.6 Å². The molecule has 3 N–H and O–H groups in total. The van der Waals surface area contributed by atoms with E-state index < -0.39 is 0 Å². The molecule has 5 heteroatoms. The monoisotopic (exact) mass is 220 g/mol. The van der Waals surface area contributed by atoms with Crippen LogP contribution in [0.25, 0.3) is 0 Å². The molecule has 0 radical (unpaired) electrons. The molecule has 1 unspecified atom stereocenters. The Balaban J connectivity index is 1.94. The third kappa shape index (κ3) is 2.49. The van der Waals surface area contributed by atoms with Crippen molar-refractivity contribution in [1.29, 1.82) is 0 Å². The number of hydrogen-bond donors (Lipinski definition) is 2. The van der Waals surface area contributed by atoms with E-state index in [1.54, 1.807) is 18.3 Å². The predicted molar refractivity (Wildman–Crippen MR) is 62.9 cm³/mol. The summed E-state index contributed by atoms with van der Waals surface area (Å²) in [5, 5.41) is 2.85. The van der Waals surface area contributed by atoms with Crippen molar-refractivity contribution in [1.82, 2.24) is 9.88 Å². The molecule has 2 rings (SSSR count). The maximum absolute atomic E-state index is 11.8. The van der Waals surface area contributed by atoms with Crippen LogP contribution in [0.15, 0.2) is 18.3 Å². The summed E-state index contributed by atoms with van der Waals surface area (Å²) in [6.07, 6.45) is 2.50. The van der Waals surface area contributed by atoms with E-state index in [4.69, 9.17) is 5.73 Å². The van der Waals surface area contributed by atoms with Gasteiger partial charge in [0.05, 0.1) is 17.8 Å². The number of anilines is 2. The Morgan fingerprint density at radius 3 is 3.00 bits per heavy atom. The topological polar surface area (TPSA) is 71.2 Å². The van der Waals surface area contributed by atoms with Gasteiger partial charge in [0, 0.05) is 6.54 Å². The summed E-state index contributed by atoms with van der Waals surface area (Å²) in [5.41, 5.74) is 6.17. The van der Waals surface area contributed by atoms with E-state index in [1.807, 2.05) is 7.05 Å². The van der Waals surface area contributed by atoms with Gasteiger partial charge in [0.15, 0.2) is 0 Å². The highest BCUT2D eigenvalue weighted by atomic mass is 16.1. The van der Waals surface area contributed by atoms with E-state index >= 15 is 0 Å². The normalized spacial score (nSPS) is 20.9. The average molecular weight is 220 g/mol. The molecule has 1 atom stereocenters. The van der Waals surface area contributed by atoms with E-state index in [1.165, 1.54) is 0 Å². The average Bonchev–Trinajstić information content (AvgIpc) is 2.68. The number of nitrogen functional groups attached to an aromatic ring is 1. The largest absolute Gasteiger partial charge is 0.384 e. The molecule has 0 spiro atoms. The van der Waals surface area contributed by atoms with E-state index in [0.717, 1.165) is 19.5 Å². The molecule has 2 heterocycles. The number of likely N-dealkylation sites (tertiary alicyclic amines) is 1. The number of hydrogen-bond acceptors (Lipinski definition) is 4. The van der Waals surface area contributed by atoms with Crippen LogP contribution in [0.2, 0.25) is 0 Å². The van der Waals surface area contributed by atoms with Crippen molar-refractivity contribution in [2.75, 3.05) is 31.2 Å². The second-order valence-corrected chi connectivity index (χ2v) is 4.21. The van der Waals surface area contributed by atoms with Gasteiger partial charge in [-0.1, -0.05) is 0 Å².